The third-order valence-electron chi connectivity index (χ3n) is 5.74. The molecule has 1 fully saturated rings. The molecule has 0 aromatic heterocycles. The summed E-state index contributed by atoms with van der Waals surface area (Å²) < 4.78 is 33.9. The first-order valence-electron chi connectivity index (χ1n) is 10.3. The highest BCUT2D eigenvalue weighted by Gasteiger charge is 2.40. The summed E-state index contributed by atoms with van der Waals surface area (Å²) in [6.07, 6.45) is 0.255. The van der Waals surface area contributed by atoms with Crippen LogP contribution in [0.3, 0.4) is 0 Å². The van der Waals surface area contributed by atoms with Crippen molar-refractivity contribution in [3.8, 4) is 5.75 Å². The van der Waals surface area contributed by atoms with Crippen LogP contribution < -0.4 is 15.4 Å². The molecule has 2 aliphatic heterocycles. The Balaban J connectivity index is 1.62. The van der Waals surface area contributed by atoms with E-state index in [1.54, 1.807) is 38.1 Å². The first-order valence-corrected chi connectivity index (χ1v) is 12.1. The molecule has 8 nitrogen and oxygen atoms in total. The molecule has 0 bridgehead atoms. The van der Waals surface area contributed by atoms with Crippen molar-refractivity contribution in [1.82, 2.24) is 4.31 Å². The van der Waals surface area contributed by atoms with Gasteiger partial charge in [0.15, 0.2) is 6.10 Å². The van der Waals surface area contributed by atoms with E-state index in [9.17, 15) is 18.0 Å². The second-order valence-corrected chi connectivity index (χ2v) is 10.4. The third-order valence-corrected chi connectivity index (χ3v) is 8.20. The summed E-state index contributed by atoms with van der Waals surface area (Å²) in [6, 6.07) is 7.32. The van der Waals surface area contributed by atoms with Gasteiger partial charge in [-0.25, -0.2) is 8.42 Å². The van der Waals surface area contributed by atoms with Crippen LogP contribution in [0.15, 0.2) is 35.2 Å². The Morgan fingerprint density at radius 3 is 2.69 bits per heavy atom. The maximum Gasteiger partial charge on any atom is 0.265 e. The lowest BCUT2D eigenvalue weighted by Crippen LogP contribution is -2.43. The molecule has 2 heterocycles. The van der Waals surface area contributed by atoms with E-state index in [1.165, 1.54) is 10.4 Å². The van der Waals surface area contributed by atoms with Crippen LogP contribution in [-0.2, 0) is 19.6 Å². The number of hydrogen-bond donors (Lipinski definition) is 2. The summed E-state index contributed by atoms with van der Waals surface area (Å²) in [5.74, 6) is -0.408. The molecular formula is C22H24ClN3O5S. The van der Waals surface area contributed by atoms with E-state index in [0.717, 1.165) is 5.56 Å². The number of amides is 2. The summed E-state index contributed by atoms with van der Waals surface area (Å²) >= 11 is 6.14. The summed E-state index contributed by atoms with van der Waals surface area (Å²) in [6.45, 7) is 5.33. The number of benzene rings is 2. The Morgan fingerprint density at radius 1 is 1.22 bits per heavy atom. The Bertz CT molecular complexity index is 1210. The van der Waals surface area contributed by atoms with Gasteiger partial charge in [0, 0.05) is 23.3 Å². The zero-order valence-corrected chi connectivity index (χ0v) is 19.5. The minimum Gasteiger partial charge on any atom is -0.479 e. The van der Waals surface area contributed by atoms with E-state index in [4.69, 9.17) is 16.3 Å². The smallest absolute Gasteiger partial charge is 0.265 e. The molecule has 2 amide bonds. The molecule has 2 N–H and O–H groups in total. The predicted octanol–water partition coefficient (Wildman–Crippen LogP) is 3.47. The fraction of sp³-hybridized carbons (Fsp3) is 0.364. The van der Waals surface area contributed by atoms with Crippen molar-refractivity contribution in [3.05, 3.63) is 46.5 Å². The van der Waals surface area contributed by atoms with E-state index >= 15 is 0 Å². The van der Waals surface area contributed by atoms with Gasteiger partial charge in [-0.2, -0.15) is 4.31 Å². The number of carbonyl (C=O) groups excluding carboxylic acids is 2. The van der Waals surface area contributed by atoms with Crippen LogP contribution in [0.5, 0.6) is 5.75 Å². The SMILES string of the molecule is Cc1ccc(NC(=O)[C@H]2CCCN2S(=O)(=O)c2cc3c(cc2C)NC(=O)[C@H](C)O3)cc1Cl. The Labute approximate surface area is 191 Å². The Hall–Kier alpha value is -2.62. The number of nitrogens with one attached hydrogen (secondary N) is 2. The standard InChI is InChI=1S/C22H24ClN3O5S/c1-12-6-7-15(10-16(12)23)24-22(28)18-5-4-8-26(18)32(29,30)20-11-19-17(9-13(20)2)25-21(27)14(3)31-19/h6-7,9-11,14,18H,4-5,8H2,1-3H3,(H,24,28)(H,25,27)/t14-,18+/m0/s1. The molecule has 1 saturated heterocycles. The monoisotopic (exact) mass is 477 g/mol. The topological polar surface area (TPSA) is 105 Å². The lowest BCUT2D eigenvalue weighted by Gasteiger charge is -2.27. The van der Waals surface area contributed by atoms with Gasteiger partial charge in [0.2, 0.25) is 15.9 Å². The number of ether oxygens (including phenoxy) is 1. The van der Waals surface area contributed by atoms with Crippen molar-refractivity contribution < 1.29 is 22.7 Å². The van der Waals surface area contributed by atoms with E-state index in [2.05, 4.69) is 10.6 Å². The van der Waals surface area contributed by atoms with Crippen LogP contribution >= 0.6 is 11.6 Å². The number of hydrogen-bond acceptors (Lipinski definition) is 5. The van der Waals surface area contributed by atoms with Crippen molar-refractivity contribution in [2.75, 3.05) is 17.2 Å². The molecule has 170 valence electrons. The number of sulfonamides is 1. The summed E-state index contributed by atoms with van der Waals surface area (Å²) in [4.78, 5) is 24.9. The van der Waals surface area contributed by atoms with Gasteiger partial charge in [0.05, 0.1) is 10.6 Å². The molecule has 2 aromatic rings. The molecule has 4 rings (SSSR count). The minimum absolute atomic E-state index is 0.0534. The first-order chi connectivity index (χ1) is 15.1. The van der Waals surface area contributed by atoms with Gasteiger partial charge >= 0.3 is 0 Å². The van der Waals surface area contributed by atoms with Crippen molar-refractivity contribution in [2.24, 2.45) is 0 Å². The maximum absolute atomic E-state index is 13.5. The molecule has 0 saturated carbocycles. The van der Waals surface area contributed by atoms with Crippen molar-refractivity contribution in [3.63, 3.8) is 0 Å². The predicted molar refractivity (Wildman–Crippen MR) is 122 cm³/mol. The van der Waals surface area contributed by atoms with Crippen molar-refractivity contribution in [1.29, 1.82) is 0 Å². The van der Waals surface area contributed by atoms with E-state index in [0.29, 0.717) is 34.8 Å². The summed E-state index contributed by atoms with van der Waals surface area (Å²) in [5.41, 5.74) is 2.28. The number of halogens is 1. The molecule has 0 aliphatic carbocycles. The van der Waals surface area contributed by atoms with Crippen LogP contribution in [0.2, 0.25) is 5.02 Å². The van der Waals surface area contributed by atoms with Crippen LogP contribution in [0.25, 0.3) is 0 Å². The summed E-state index contributed by atoms with van der Waals surface area (Å²) in [5, 5.41) is 6.01. The first kappa shape index (κ1) is 22.6. The maximum atomic E-state index is 13.5. The van der Waals surface area contributed by atoms with E-state index < -0.39 is 28.1 Å². The molecule has 0 unspecified atom stereocenters. The zero-order valence-electron chi connectivity index (χ0n) is 17.9. The normalized spacial score (nSPS) is 20.9. The van der Waals surface area contributed by atoms with Crippen LogP contribution in [0.4, 0.5) is 11.4 Å². The molecule has 2 aromatic carbocycles. The molecule has 2 aliphatic rings. The largest absolute Gasteiger partial charge is 0.479 e. The number of anilines is 2. The van der Waals surface area contributed by atoms with Gasteiger partial charge in [0.25, 0.3) is 5.91 Å². The quantitative estimate of drug-likeness (QED) is 0.701. The highest BCUT2D eigenvalue weighted by atomic mass is 35.5. The van der Waals surface area contributed by atoms with Crippen molar-refractivity contribution >= 4 is 44.8 Å². The van der Waals surface area contributed by atoms with E-state index in [1.807, 2.05) is 6.92 Å². The second kappa shape index (κ2) is 8.38. The number of rotatable bonds is 4. The van der Waals surface area contributed by atoms with Gasteiger partial charge in [-0.1, -0.05) is 17.7 Å². The Kier molecular flexibility index (Phi) is 5.91. The molecule has 0 spiro atoms. The molecule has 0 radical (unpaired) electrons. The lowest BCUT2D eigenvalue weighted by molar-refractivity contribution is -0.122. The number of fused-ring (bicyclic) bond motifs is 1. The zero-order chi connectivity index (χ0) is 23.2. The summed E-state index contributed by atoms with van der Waals surface area (Å²) in [7, 11) is -3.98. The Morgan fingerprint density at radius 2 is 1.97 bits per heavy atom. The van der Waals surface area contributed by atoms with Gasteiger partial charge in [-0.05, 0) is 62.9 Å². The fourth-order valence-corrected chi connectivity index (χ4v) is 5.99. The third kappa shape index (κ3) is 4.07. The number of carbonyl (C=O) groups is 2. The highest BCUT2D eigenvalue weighted by molar-refractivity contribution is 7.89. The van der Waals surface area contributed by atoms with Gasteiger partial charge in [-0.3, -0.25) is 9.59 Å². The minimum atomic E-state index is -3.98. The highest BCUT2D eigenvalue weighted by Crippen LogP contribution is 2.37. The number of aryl methyl sites for hydroxylation is 2. The van der Waals surface area contributed by atoms with Crippen molar-refractivity contribution in [2.45, 2.75) is 50.7 Å². The molecule has 10 heteroatoms. The molecular weight excluding hydrogens is 454 g/mol. The van der Waals surface area contributed by atoms with Gasteiger partial charge in [0.1, 0.15) is 11.8 Å². The average Bonchev–Trinajstić information content (AvgIpc) is 3.22. The van der Waals surface area contributed by atoms with Crippen LogP contribution in [0.1, 0.15) is 30.9 Å². The average molecular weight is 478 g/mol. The number of nitrogens with zero attached hydrogens (tertiary/aromatic N) is 1. The van der Waals surface area contributed by atoms with Gasteiger partial charge < -0.3 is 15.4 Å². The molecule has 2 atom stereocenters. The van der Waals surface area contributed by atoms with Crippen LogP contribution in [-0.4, -0.2) is 43.2 Å². The van der Waals surface area contributed by atoms with E-state index in [-0.39, 0.29) is 23.1 Å². The second-order valence-electron chi connectivity index (χ2n) is 8.09. The lowest BCUT2D eigenvalue weighted by atomic mass is 10.1. The van der Waals surface area contributed by atoms with Gasteiger partial charge in [-0.15, -0.1) is 0 Å². The fourth-order valence-electron chi connectivity index (χ4n) is 3.93. The molecule has 32 heavy (non-hydrogen) atoms. The van der Waals surface area contributed by atoms with Crippen LogP contribution in [0, 0.1) is 13.8 Å².